The molecule has 0 spiro atoms. The van der Waals surface area contributed by atoms with Crippen molar-refractivity contribution in [3.8, 4) is 5.75 Å². The van der Waals surface area contributed by atoms with Crippen LogP contribution in [-0.4, -0.2) is 18.9 Å². The van der Waals surface area contributed by atoms with Crippen LogP contribution in [0.25, 0.3) is 0 Å². The lowest BCUT2D eigenvalue weighted by Gasteiger charge is -2.33. The summed E-state index contributed by atoms with van der Waals surface area (Å²) in [5.74, 6) is 0.782. The van der Waals surface area contributed by atoms with Crippen molar-refractivity contribution < 1.29 is 19.4 Å². The van der Waals surface area contributed by atoms with Gasteiger partial charge in [-0.15, -0.1) is 0 Å². The van der Waals surface area contributed by atoms with E-state index >= 15 is 0 Å². The Morgan fingerprint density at radius 3 is 2.74 bits per heavy atom. The van der Waals surface area contributed by atoms with E-state index < -0.39 is 5.60 Å². The summed E-state index contributed by atoms with van der Waals surface area (Å²) in [6.45, 7) is 4.88. The number of rotatable bonds is 2. The lowest BCUT2D eigenvalue weighted by atomic mass is 9.76. The van der Waals surface area contributed by atoms with Gasteiger partial charge in [-0.25, -0.2) is 0 Å². The van der Waals surface area contributed by atoms with Gasteiger partial charge in [0, 0.05) is 39.4 Å². The zero-order valence-electron chi connectivity index (χ0n) is 13.5. The second-order valence-corrected chi connectivity index (χ2v) is 7.65. The highest BCUT2D eigenvalue weighted by Crippen LogP contribution is 2.48. The number of benzene rings is 1. The molecule has 23 heavy (non-hydrogen) atoms. The van der Waals surface area contributed by atoms with Gasteiger partial charge in [0.2, 0.25) is 6.20 Å². The van der Waals surface area contributed by atoms with Crippen LogP contribution in [0.5, 0.6) is 5.75 Å². The van der Waals surface area contributed by atoms with Crippen LogP contribution in [0.4, 0.5) is 0 Å². The van der Waals surface area contributed by atoms with Crippen LogP contribution in [0, 0.1) is 5.41 Å². The van der Waals surface area contributed by atoms with Gasteiger partial charge >= 0.3 is 0 Å². The highest BCUT2D eigenvalue weighted by atomic mass is 79.9. The van der Waals surface area contributed by atoms with E-state index in [4.69, 9.17) is 9.47 Å². The number of ether oxygens (including phenoxy) is 2. The highest BCUT2D eigenvalue weighted by molar-refractivity contribution is 9.10. The molecule has 0 saturated carbocycles. The molecule has 0 fully saturated rings. The van der Waals surface area contributed by atoms with Crippen molar-refractivity contribution in [3.63, 3.8) is 0 Å². The van der Waals surface area contributed by atoms with Gasteiger partial charge in [0.15, 0.2) is 5.60 Å². The molecule has 0 saturated heterocycles. The van der Waals surface area contributed by atoms with Gasteiger partial charge < -0.3 is 9.47 Å². The smallest absolute Gasteiger partial charge is 0.270 e. The van der Waals surface area contributed by atoms with Gasteiger partial charge in [0.1, 0.15) is 5.75 Å². The summed E-state index contributed by atoms with van der Waals surface area (Å²) in [7, 11) is 1.68. The maximum Gasteiger partial charge on any atom is 0.270 e. The van der Waals surface area contributed by atoms with Crippen molar-refractivity contribution >= 4 is 15.9 Å². The molecule has 1 aromatic heterocycles. The van der Waals surface area contributed by atoms with Crippen molar-refractivity contribution in [2.45, 2.75) is 25.9 Å². The summed E-state index contributed by atoms with van der Waals surface area (Å²) in [6.07, 6.45) is 2.30. The minimum atomic E-state index is -0.797. The number of pyridine rings is 1. The molecule has 0 aliphatic carbocycles. The van der Waals surface area contributed by atoms with E-state index in [0.717, 1.165) is 20.5 Å². The average Bonchev–Trinajstić information content (AvgIpc) is 2.63. The topological polar surface area (TPSA) is 42.6 Å². The van der Waals surface area contributed by atoms with Crippen molar-refractivity contribution in [3.05, 3.63) is 58.3 Å². The molecule has 1 aliphatic rings. The normalized spacial score (nSPS) is 22.8. The van der Waals surface area contributed by atoms with Gasteiger partial charge in [-0.3, -0.25) is 5.21 Å². The van der Waals surface area contributed by atoms with Crippen molar-refractivity contribution in [2.75, 3.05) is 13.7 Å². The Balaban J connectivity index is 2.32. The summed E-state index contributed by atoms with van der Waals surface area (Å²) < 4.78 is 14.2. The number of aromatic nitrogens is 1. The molecule has 3 rings (SSSR count). The quantitative estimate of drug-likeness (QED) is 0.640. The van der Waals surface area contributed by atoms with E-state index in [1.54, 1.807) is 19.4 Å². The molecule has 4 nitrogen and oxygen atoms in total. The third-order valence-electron chi connectivity index (χ3n) is 4.32. The second-order valence-electron chi connectivity index (χ2n) is 6.73. The van der Waals surface area contributed by atoms with Gasteiger partial charge in [-0.05, 0) is 30.7 Å². The van der Waals surface area contributed by atoms with Crippen LogP contribution in [0.1, 0.15) is 31.5 Å². The van der Waals surface area contributed by atoms with E-state index in [1.165, 1.54) is 0 Å². The van der Waals surface area contributed by atoms with Gasteiger partial charge in [-0.2, -0.15) is 0 Å². The molecule has 1 aromatic carbocycles. The summed E-state index contributed by atoms with van der Waals surface area (Å²) in [5.41, 5.74) is 0.675. The van der Waals surface area contributed by atoms with E-state index in [2.05, 4.69) is 29.8 Å². The van der Waals surface area contributed by atoms with Gasteiger partial charge in [0.25, 0.3) is 5.69 Å². The van der Waals surface area contributed by atoms with E-state index in [9.17, 15) is 5.21 Å². The summed E-state index contributed by atoms with van der Waals surface area (Å²) in [4.78, 5) is 0. The van der Waals surface area contributed by atoms with Crippen LogP contribution in [0.3, 0.4) is 0 Å². The fraction of sp³-hybridized carbons (Fsp3) is 0.389. The summed E-state index contributed by atoms with van der Waals surface area (Å²) >= 11 is 3.54. The predicted octanol–water partition coefficient (Wildman–Crippen LogP) is 3.67. The highest BCUT2D eigenvalue weighted by Gasteiger charge is 2.50. The average molecular weight is 379 g/mol. The van der Waals surface area contributed by atoms with Crippen LogP contribution in [0.15, 0.2) is 47.1 Å². The van der Waals surface area contributed by atoms with E-state index in [-0.39, 0.29) is 5.41 Å². The second kappa shape index (κ2) is 5.80. The van der Waals surface area contributed by atoms with Crippen LogP contribution in [-0.2, 0) is 10.3 Å². The van der Waals surface area contributed by atoms with Crippen molar-refractivity contribution in [2.24, 2.45) is 5.41 Å². The largest absolute Gasteiger partial charge is 0.493 e. The molecule has 1 aliphatic heterocycles. The standard InChI is InChI=1S/C18H21BrNO3/c1-17(2)11-18(22-3,16-6-4-5-9-20(16)21)14-10-13(19)7-8-15(14)23-12-17/h4-10,21H,11-12H2,1-3H3/q+1. The summed E-state index contributed by atoms with van der Waals surface area (Å²) in [5, 5.41) is 10.4. The first-order valence-electron chi connectivity index (χ1n) is 7.56. The molecule has 122 valence electrons. The Hall–Kier alpha value is -1.59. The molecule has 0 amide bonds. The maximum atomic E-state index is 10.4. The number of hydrogen-bond donors (Lipinski definition) is 1. The Morgan fingerprint density at radius 2 is 2.04 bits per heavy atom. The minimum absolute atomic E-state index is 0.121. The minimum Gasteiger partial charge on any atom is -0.493 e. The van der Waals surface area contributed by atoms with E-state index in [1.807, 2.05) is 30.3 Å². The number of halogens is 1. The Kier molecular flexibility index (Phi) is 4.10. The number of methoxy groups -OCH3 is 1. The van der Waals surface area contributed by atoms with Crippen LogP contribution in [0.2, 0.25) is 0 Å². The molecule has 1 N–H and O–H groups in total. The molecule has 0 bridgehead atoms. The lowest BCUT2D eigenvalue weighted by molar-refractivity contribution is -0.912. The maximum absolute atomic E-state index is 10.4. The SMILES string of the molecule is COC1(c2cccc[n+]2O)CC(C)(C)COc2ccc(Br)cc21. The first-order chi connectivity index (χ1) is 10.9. The molecular weight excluding hydrogens is 358 g/mol. The van der Waals surface area contributed by atoms with Crippen LogP contribution >= 0.6 is 15.9 Å². The molecule has 1 unspecified atom stereocenters. The van der Waals surface area contributed by atoms with Crippen LogP contribution < -0.4 is 9.47 Å². The zero-order valence-corrected chi connectivity index (χ0v) is 15.1. The van der Waals surface area contributed by atoms with Gasteiger partial charge in [0.05, 0.1) is 6.61 Å². The van der Waals surface area contributed by atoms with E-state index in [0.29, 0.717) is 18.7 Å². The predicted molar refractivity (Wildman–Crippen MR) is 89.6 cm³/mol. The molecule has 2 heterocycles. The molecule has 2 aromatic rings. The third kappa shape index (κ3) is 2.83. The molecule has 5 heteroatoms. The monoisotopic (exact) mass is 378 g/mol. The first-order valence-corrected chi connectivity index (χ1v) is 8.36. The third-order valence-corrected chi connectivity index (χ3v) is 4.82. The molecule has 1 atom stereocenters. The fourth-order valence-electron chi connectivity index (χ4n) is 3.31. The summed E-state index contributed by atoms with van der Waals surface area (Å²) in [6, 6.07) is 11.5. The molecule has 0 radical (unpaired) electrons. The first kappa shape index (κ1) is 16.3. The Labute approximate surface area is 144 Å². The fourth-order valence-corrected chi connectivity index (χ4v) is 3.67. The van der Waals surface area contributed by atoms with Gasteiger partial charge in [-0.1, -0.05) is 29.8 Å². The van der Waals surface area contributed by atoms with Crippen molar-refractivity contribution in [1.82, 2.24) is 0 Å². The number of fused-ring (bicyclic) bond motifs is 1. The molecular formula is C18H21BrNO3+. The lowest BCUT2D eigenvalue weighted by Crippen LogP contribution is -2.47. The Bertz CT molecular complexity index is 732. The zero-order chi connectivity index (χ0) is 16.7. The Morgan fingerprint density at radius 1 is 1.26 bits per heavy atom. The van der Waals surface area contributed by atoms with Crippen molar-refractivity contribution in [1.29, 1.82) is 0 Å². The number of hydrogen-bond acceptors (Lipinski definition) is 3. The number of nitrogens with zero attached hydrogens (tertiary/aromatic N) is 1.